The Labute approximate surface area is 135 Å². The lowest BCUT2D eigenvalue weighted by Crippen LogP contribution is -2.37. The standard InChI is InChI=1S/C16H22N4O3/c1-19(11-13-4-5-15(23-2)14(21)10-13)16(22)18-6-3-8-20-9-7-17-12-20/h4-5,7,9-10,12,21H,3,6,8,11H2,1-2H3,(H,18,22). The van der Waals surface area contributed by atoms with Gasteiger partial charge in [0.25, 0.3) is 0 Å². The van der Waals surface area contributed by atoms with Gasteiger partial charge in [0.15, 0.2) is 11.5 Å². The van der Waals surface area contributed by atoms with E-state index in [9.17, 15) is 9.90 Å². The second kappa shape index (κ2) is 8.07. The normalized spacial score (nSPS) is 10.3. The second-order valence-corrected chi connectivity index (χ2v) is 5.25. The quantitative estimate of drug-likeness (QED) is 0.763. The smallest absolute Gasteiger partial charge is 0.317 e. The predicted octanol–water partition coefficient (Wildman–Crippen LogP) is 1.83. The molecule has 1 aromatic carbocycles. The highest BCUT2D eigenvalue weighted by molar-refractivity contribution is 5.73. The Hall–Kier alpha value is -2.70. The van der Waals surface area contributed by atoms with Crippen LogP contribution in [0.3, 0.4) is 0 Å². The molecule has 0 fully saturated rings. The largest absolute Gasteiger partial charge is 0.504 e. The van der Waals surface area contributed by atoms with Gasteiger partial charge in [-0.05, 0) is 24.1 Å². The molecule has 0 unspecified atom stereocenters. The summed E-state index contributed by atoms with van der Waals surface area (Å²) in [4.78, 5) is 17.6. The number of benzene rings is 1. The third kappa shape index (κ3) is 4.91. The molecule has 0 saturated heterocycles. The molecule has 1 aromatic heterocycles. The highest BCUT2D eigenvalue weighted by Crippen LogP contribution is 2.26. The number of aromatic nitrogens is 2. The van der Waals surface area contributed by atoms with Crippen molar-refractivity contribution in [3.05, 3.63) is 42.5 Å². The molecule has 0 radical (unpaired) electrons. The number of phenolic OH excluding ortho intramolecular Hbond substituents is 1. The number of methoxy groups -OCH3 is 1. The van der Waals surface area contributed by atoms with Crippen molar-refractivity contribution in [2.45, 2.75) is 19.5 Å². The van der Waals surface area contributed by atoms with Gasteiger partial charge in [-0.25, -0.2) is 9.78 Å². The van der Waals surface area contributed by atoms with E-state index in [-0.39, 0.29) is 11.8 Å². The lowest BCUT2D eigenvalue weighted by Gasteiger charge is -2.18. The van der Waals surface area contributed by atoms with Crippen molar-refractivity contribution in [1.29, 1.82) is 0 Å². The fourth-order valence-corrected chi connectivity index (χ4v) is 2.19. The Morgan fingerprint density at radius 2 is 2.30 bits per heavy atom. The molecule has 7 heteroatoms. The second-order valence-electron chi connectivity index (χ2n) is 5.25. The molecule has 2 aromatic rings. The van der Waals surface area contributed by atoms with Crippen LogP contribution in [0.2, 0.25) is 0 Å². The van der Waals surface area contributed by atoms with Gasteiger partial charge in [-0.2, -0.15) is 0 Å². The first kappa shape index (κ1) is 16.7. The van der Waals surface area contributed by atoms with E-state index in [0.29, 0.717) is 18.8 Å². The molecule has 0 bridgehead atoms. The minimum Gasteiger partial charge on any atom is -0.504 e. The van der Waals surface area contributed by atoms with E-state index in [4.69, 9.17) is 4.74 Å². The molecular weight excluding hydrogens is 296 g/mol. The summed E-state index contributed by atoms with van der Waals surface area (Å²) >= 11 is 0. The Bertz CT molecular complexity index is 628. The number of rotatable bonds is 7. The van der Waals surface area contributed by atoms with Crippen molar-refractivity contribution < 1.29 is 14.6 Å². The van der Waals surface area contributed by atoms with E-state index in [1.165, 1.54) is 7.11 Å². The fraction of sp³-hybridized carbons (Fsp3) is 0.375. The molecule has 2 rings (SSSR count). The Morgan fingerprint density at radius 3 is 2.96 bits per heavy atom. The number of phenols is 1. The number of hydrogen-bond acceptors (Lipinski definition) is 4. The average Bonchev–Trinajstić information content (AvgIpc) is 3.05. The van der Waals surface area contributed by atoms with E-state index in [1.807, 2.05) is 16.8 Å². The highest BCUT2D eigenvalue weighted by atomic mass is 16.5. The molecule has 1 heterocycles. The van der Waals surface area contributed by atoms with Gasteiger partial charge < -0.3 is 24.6 Å². The zero-order chi connectivity index (χ0) is 16.7. The minimum absolute atomic E-state index is 0.0686. The van der Waals surface area contributed by atoms with Crippen molar-refractivity contribution in [3.63, 3.8) is 0 Å². The van der Waals surface area contributed by atoms with Crippen LogP contribution in [0.25, 0.3) is 0 Å². The molecule has 2 N–H and O–H groups in total. The summed E-state index contributed by atoms with van der Waals surface area (Å²) in [5.74, 6) is 0.486. The SMILES string of the molecule is COc1ccc(CN(C)C(=O)NCCCn2ccnc2)cc1O. The maximum atomic E-state index is 12.0. The fourth-order valence-electron chi connectivity index (χ4n) is 2.19. The lowest BCUT2D eigenvalue weighted by molar-refractivity contribution is 0.206. The summed E-state index contributed by atoms with van der Waals surface area (Å²) in [6.45, 7) is 1.82. The number of imidazole rings is 1. The monoisotopic (exact) mass is 318 g/mol. The van der Waals surface area contributed by atoms with Crippen LogP contribution in [0.4, 0.5) is 4.79 Å². The van der Waals surface area contributed by atoms with Gasteiger partial charge in [-0.15, -0.1) is 0 Å². The van der Waals surface area contributed by atoms with Crippen LogP contribution >= 0.6 is 0 Å². The number of hydrogen-bond donors (Lipinski definition) is 2. The summed E-state index contributed by atoms with van der Waals surface area (Å²) in [7, 11) is 3.21. The maximum absolute atomic E-state index is 12.0. The number of aromatic hydroxyl groups is 1. The Kier molecular flexibility index (Phi) is 5.85. The van der Waals surface area contributed by atoms with Crippen molar-refractivity contribution in [1.82, 2.24) is 19.8 Å². The molecule has 0 spiro atoms. The van der Waals surface area contributed by atoms with Crippen LogP contribution in [-0.2, 0) is 13.1 Å². The number of nitrogens with one attached hydrogen (secondary N) is 1. The number of carbonyl (C=O) groups excluding carboxylic acids is 1. The van der Waals surface area contributed by atoms with Crippen molar-refractivity contribution in [2.75, 3.05) is 20.7 Å². The number of carbonyl (C=O) groups is 1. The topological polar surface area (TPSA) is 79.6 Å². The van der Waals surface area contributed by atoms with E-state index in [0.717, 1.165) is 18.5 Å². The molecule has 124 valence electrons. The van der Waals surface area contributed by atoms with Crippen molar-refractivity contribution >= 4 is 6.03 Å². The molecule has 0 aliphatic rings. The molecular formula is C16H22N4O3. The molecule has 0 saturated carbocycles. The zero-order valence-corrected chi connectivity index (χ0v) is 13.4. The van der Waals surface area contributed by atoms with Gasteiger partial charge in [-0.3, -0.25) is 0 Å². The Balaban J connectivity index is 1.74. The first-order valence-electron chi connectivity index (χ1n) is 7.40. The van der Waals surface area contributed by atoms with Gasteiger partial charge >= 0.3 is 6.03 Å². The summed E-state index contributed by atoms with van der Waals surface area (Å²) in [6.07, 6.45) is 6.21. The van der Waals surface area contributed by atoms with Gasteiger partial charge in [0.05, 0.1) is 13.4 Å². The molecule has 0 atom stereocenters. The maximum Gasteiger partial charge on any atom is 0.317 e. The highest BCUT2D eigenvalue weighted by Gasteiger charge is 2.10. The van der Waals surface area contributed by atoms with Crippen LogP contribution in [0.15, 0.2) is 36.9 Å². The minimum atomic E-state index is -0.147. The van der Waals surface area contributed by atoms with E-state index < -0.39 is 0 Å². The molecule has 2 amide bonds. The lowest BCUT2D eigenvalue weighted by atomic mass is 10.2. The molecule has 0 aliphatic carbocycles. The zero-order valence-electron chi connectivity index (χ0n) is 13.4. The number of urea groups is 1. The molecule has 23 heavy (non-hydrogen) atoms. The summed E-state index contributed by atoms with van der Waals surface area (Å²) in [5, 5.41) is 12.6. The number of nitrogens with zero attached hydrogens (tertiary/aromatic N) is 3. The predicted molar refractivity (Wildman–Crippen MR) is 86.4 cm³/mol. The van der Waals surface area contributed by atoms with Crippen LogP contribution in [0.1, 0.15) is 12.0 Å². The summed E-state index contributed by atoms with van der Waals surface area (Å²) < 4.78 is 6.97. The van der Waals surface area contributed by atoms with Crippen LogP contribution < -0.4 is 10.1 Å². The number of ether oxygens (including phenoxy) is 1. The van der Waals surface area contributed by atoms with E-state index in [1.54, 1.807) is 36.6 Å². The third-order valence-electron chi connectivity index (χ3n) is 3.44. The van der Waals surface area contributed by atoms with Gasteiger partial charge in [-0.1, -0.05) is 6.07 Å². The number of aryl methyl sites for hydroxylation is 1. The molecule has 0 aliphatic heterocycles. The Morgan fingerprint density at radius 1 is 1.48 bits per heavy atom. The van der Waals surface area contributed by atoms with Gasteiger partial charge in [0, 0.05) is 39.1 Å². The van der Waals surface area contributed by atoms with E-state index >= 15 is 0 Å². The third-order valence-corrected chi connectivity index (χ3v) is 3.44. The first-order valence-corrected chi connectivity index (χ1v) is 7.40. The molecule has 7 nitrogen and oxygen atoms in total. The van der Waals surface area contributed by atoms with Gasteiger partial charge in [0.2, 0.25) is 0 Å². The summed E-state index contributed by atoms with van der Waals surface area (Å²) in [6, 6.07) is 4.95. The van der Waals surface area contributed by atoms with Crippen LogP contribution in [0.5, 0.6) is 11.5 Å². The van der Waals surface area contributed by atoms with E-state index in [2.05, 4.69) is 10.3 Å². The van der Waals surface area contributed by atoms with Crippen molar-refractivity contribution in [2.24, 2.45) is 0 Å². The average molecular weight is 318 g/mol. The summed E-state index contributed by atoms with van der Waals surface area (Å²) in [5.41, 5.74) is 0.833. The van der Waals surface area contributed by atoms with Crippen LogP contribution in [-0.4, -0.2) is 46.3 Å². The first-order chi connectivity index (χ1) is 11.1. The van der Waals surface area contributed by atoms with Gasteiger partial charge in [0.1, 0.15) is 0 Å². The van der Waals surface area contributed by atoms with Crippen molar-refractivity contribution in [3.8, 4) is 11.5 Å². The number of amides is 2. The van der Waals surface area contributed by atoms with Crippen LogP contribution in [0, 0.1) is 0 Å².